The molecule has 1 aromatic heterocycles. The summed E-state index contributed by atoms with van der Waals surface area (Å²) < 4.78 is 0.511. The van der Waals surface area contributed by atoms with Crippen molar-refractivity contribution < 1.29 is 0 Å². The van der Waals surface area contributed by atoms with E-state index in [9.17, 15) is 4.79 Å². The van der Waals surface area contributed by atoms with Crippen molar-refractivity contribution in [1.29, 1.82) is 0 Å². The van der Waals surface area contributed by atoms with Gasteiger partial charge in [0.25, 0.3) is 5.56 Å². The summed E-state index contributed by atoms with van der Waals surface area (Å²) in [6, 6.07) is 0.790. The second-order valence-electron chi connectivity index (χ2n) is 4.91. The fraction of sp³-hybridized carbons (Fsp3) is 0.667. The lowest BCUT2D eigenvalue weighted by molar-refractivity contribution is 0.548. The third-order valence-electron chi connectivity index (χ3n) is 3.25. The Labute approximate surface area is 115 Å². The number of H-pyrrole nitrogens is 1. The van der Waals surface area contributed by atoms with Crippen LogP contribution in [0.25, 0.3) is 0 Å². The average Bonchev–Trinajstić information content (AvgIpc) is 2.83. The van der Waals surface area contributed by atoms with Crippen molar-refractivity contribution >= 4 is 21.7 Å². The monoisotopic (exact) mass is 314 g/mol. The Morgan fingerprint density at radius 3 is 3.00 bits per heavy atom. The standard InChI is InChI=1S/C12H19BrN4O/c1-8(2)17(6-9-4-3-5-14-9)11-10(13)12(18)16-7-15-11/h7-9,14H,3-6H2,1-2H3,(H,15,16,18). The molecule has 6 heteroatoms. The van der Waals surface area contributed by atoms with E-state index in [1.807, 2.05) is 0 Å². The smallest absolute Gasteiger partial charge is 0.267 e. The summed E-state index contributed by atoms with van der Waals surface area (Å²) in [6.07, 6.45) is 3.87. The van der Waals surface area contributed by atoms with E-state index in [1.165, 1.54) is 19.2 Å². The lowest BCUT2D eigenvalue weighted by atomic mass is 10.2. The first-order chi connectivity index (χ1) is 8.59. The Hall–Kier alpha value is -0.880. The number of hydrogen-bond donors (Lipinski definition) is 2. The first kappa shape index (κ1) is 13.5. The van der Waals surface area contributed by atoms with E-state index in [2.05, 4.69) is 50.0 Å². The van der Waals surface area contributed by atoms with Crippen LogP contribution in [-0.4, -0.2) is 35.1 Å². The molecule has 0 spiro atoms. The van der Waals surface area contributed by atoms with E-state index in [1.54, 1.807) is 0 Å². The van der Waals surface area contributed by atoms with Crippen LogP contribution in [0.4, 0.5) is 5.82 Å². The van der Waals surface area contributed by atoms with Gasteiger partial charge in [0.2, 0.25) is 0 Å². The average molecular weight is 315 g/mol. The van der Waals surface area contributed by atoms with E-state index < -0.39 is 0 Å². The molecule has 1 unspecified atom stereocenters. The minimum Gasteiger partial charge on any atom is -0.351 e. The normalized spacial score (nSPS) is 19.4. The molecular formula is C12H19BrN4O. The molecule has 1 aliphatic heterocycles. The second kappa shape index (κ2) is 5.84. The first-order valence-corrected chi connectivity index (χ1v) is 7.12. The summed E-state index contributed by atoms with van der Waals surface area (Å²) in [5.41, 5.74) is -0.134. The van der Waals surface area contributed by atoms with Crippen molar-refractivity contribution in [3.63, 3.8) is 0 Å². The van der Waals surface area contributed by atoms with Crippen molar-refractivity contribution in [2.24, 2.45) is 0 Å². The van der Waals surface area contributed by atoms with Gasteiger partial charge >= 0.3 is 0 Å². The predicted molar refractivity (Wildman–Crippen MR) is 76.1 cm³/mol. The summed E-state index contributed by atoms with van der Waals surface area (Å²) in [7, 11) is 0. The molecule has 0 bridgehead atoms. The minimum atomic E-state index is -0.134. The van der Waals surface area contributed by atoms with Gasteiger partial charge in [0.15, 0.2) is 5.82 Å². The van der Waals surface area contributed by atoms with Crippen molar-refractivity contribution in [2.45, 2.75) is 38.8 Å². The molecule has 100 valence electrons. The highest BCUT2D eigenvalue weighted by Crippen LogP contribution is 2.22. The topological polar surface area (TPSA) is 61.0 Å². The van der Waals surface area contributed by atoms with E-state index in [-0.39, 0.29) is 5.56 Å². The van der Waals surface area contributed by atoms with Gasteiger partial charge < -0.3 is 15.2 Å². The highest BCUT2D eigenvalue weighted by molar-refractivity contribution is 9.10. The Balaban J connectivity index is 2.23. The predicted octanol–water partition coefficient (Wildman–Crippen LogP) is 1.50. The van der Waals surface area contributed by atoms with Crippen LogP contribution < -0.4 is 15.8 Å². The van der Waals surface area contributed by atoms with Crippen LogP contribution >= 0.6 is 15.9 Å². The SMILES string of the molecule is CC(C)N(CC1CCCN1)c1nc[nH]c(=O)c1Br. The largest absolute Gasteiger partial charge is 0.351 e. The highest BCUT2D eigenvalue weighted by Gasteiger charge is 2.22. The van der Waals surface area contributed by atoms with Gasteiger partial charge in [0, 0.05) is 18.6 Å². The van der Waals surface area contributed by atoms with E-state index in [0.717, 1.165) is 18.9 Å². The molecule has 1 aliphatic rings. The van der Waals surface area contributed by atoms with Gasteiger partial charge in [-0.2, -0.15) is 0 Å². The van der Waals surface area contributed by atoms with E-state index >= 15 is 0 Å². The van der Waals surface area contributed by atoms with Gasteiger partial charge in [-0.05, 0) is 49.2 Å². The fourth-order valence-corrected chi connectivity index (χ4v) is 2.71. The molecule has 2 rings (SSSR count). The summed E-state index contributed by atoms with van der Waals surface area (Å²) in [6.45, 7) is 6.20. The van der Waals surface area contributed by atoms with Crippen molar-refractivity contribution in [2.75, 3.05) is 18.0 Å². The van der Waals surface area contributed by atoms with Gasteiger partial charge in [-0.15, -0.1) is 0 Å². The van der Waals surface area contributed by atoms with Crippen LogP contribution in [-0.2, 0) is 0 Å². The van der Waals surface area contributed by atoms with Gasteiger partial charge in [-0.25, -0.2) is 4.98 Å². The summed E-state index contributed by atoms with van der Waals surface area (Å²) in [4.78, 5) is 20.7. The lowest BCUT2D eigenvalue weighted by Gasteiger charge is -2.30. The van der Waals surface area contributed by atoms with Crippen molar-refractivity contribution in [1.82, 2.24) is 15.3 Å². The molecule has 0 saturated carbocycles. The maximum absolute atomic E-state index is 11.6. The van der Waals surface area contributed by atoms with Crippen LogP contribution in [0.2, 0.25) is 0 Å². The number of nitrogens with zero attached hydrogens (tertiary/aromatic N) is 2. The Morgan fingerprint density at radius 2 is 2.39 bits per heavy atom. The fourth-order valence-electron chi connectivity index (χ4n) is 2.27. The van der Waals surface area contributed by atoms with Gasteiger partial charge in [0.05, 0.1) is 6.33 Å². The summed E-state index contributed by atoms with van der Waals surface area (Å²) >= 11 is 3.33. The number of halogens is 1. The molecule has 1 atom stereocenters. The molecule has 2 N–H and O–H groups in total. The van der Waals surface area contributed by atoms with Crippen LogP contribution in [0.3, 0.4) is 0 Å². The third kappa shape index (κ3) is 2.92. The van der Waals surface area contributed by atoms with Gasteiger partial charge in [-0.1, -0.05) is 0 Å². The quantitative estimate of drug-likeness (QED) is 0.884. The van der Waals surface area contributed by atoms with Crippen molar-refractivity contribution in [3.05, 3.63) is 21.2 Å². The zero-order chi connectivity index (χ0) is 13.1. The zero-order valence-corrected chi connectivity index (χ0v) is 12.3. The molecule has 2 heterocycles. The minimum absolute atomic E-state index is 0.134. The highest BCUT2D eigenvalue weighted by atomic mass is 79.9. The Kier molecular flexibility index (Phi) is 4.40. The molecule has 5 nitrogen and oxygen atoms in total. The number of anilines is 1. The molecule has 1 fully saturated rings. The lowest BCUT2D eigenvalue weighted by Crippen LogP contribution is -2.42. The molecule has 0 aliphatic carbocycles. The van der Waals surface area contributed by atoms with Crippen LogP contribution in [0.15, 0.2) is 15.6 Å². The van der Waals surface area contributed by atoms with Crippen LogP contribution in [0.5, 0.6) is 0 Å². The Morgan fingerprint density at radius 1 is 1.61 bits per heavy atom. The third-order valence-corrected chi connectivity index (χ3v) is 3.97. The Bertz CT molecular complexity index is 454. The molecule has 0 aromatic carbocycles. The number of rotatable bonds is 4. The van der Waals surface area contributed by atoms with E-state index in [0.29, 0.717) is 16.6 Å². The summed E-state index contributed by atoms with van der Waals surface area (Å²) in [5, 5.41) is 3.48. The zero-order valence-electron chi connectivity index (χ0n) is 10.7. The number of aromatic nitrogens is 2. The van der Waals surface area contributed by atoms with Gasteiger partial charge in [0.1, 0.15) is 4.47 Å². The molecule has 18 heavy (non-hydrogen) atoms. The van der Waals surface area contributed by atoms with Crippen LogP contribution in [0.1, 0.15) is 26.7 Å². The molecule has 1 saturated heterocycles. The molecular weight excluding hydrogens is 296 g/mol. The molecule has 1 aromatic rings. The maximum atomic E-state index is 11.6. The summed E-state index contributed by atoms with van der Waals surface area (Å²) in [5.74, 6) is 0.724. The van der Waals surface area contributed by atoms with E-state index in [4.69, 9.17) is 0 Å². The number of nitrogens with one attached hydrogen (secondary N) is 2. The maximum Gasteiger partial charge on any atom is 0.267 e. The second-order valence-corrected chi connectivity index (χ2v) is 5.70. The molecule has 0 radical (unpaired) electrons. The van der Waals surface area contributed by atoms with Crippen LogP contribution in [0, 0.1) is 0 Å². The van der Waals surface area contributed by atoms with Gasteiger partial charge in [-0.3, -0.25) is 4.79 Å². The number of hydrogen-bond acceptors (Lipinski definition) is 4. The first-order valence-electron chi connectivity index (χ1n) is 6.33. The number of aromatic amines is 1. The molecule has 0 amide bonds. The van der Waals surface area contributed by atoms with Crippen molar-refractivity contribution in [3.8, 4) is 0 Å².